The van der Waals surface area contributed by atoms with Gasteiger partial charge in [0.05, 0.1) is 6.61 Å². The molecule has 0 bridgehead atoms. The molecule has 0 radical (unpaired) electrons. The van der Waals surface area contributed by atoms with Crippen LogP contribution in [0.4, 0.5) is 0 Å². The topological polar surface area (TPSA) is 78.9 Å². The summed E-state index contributed by atoms with van der Waals surface area (Å²) in [4.78, 5) is 28.0. The molecule has 7 heteroatoms. The Kier molecular flexibility index (Phi) is 11.5. The summed E-state index contributed by atoms with van der Waals surface area (Å²) in [5.74, 6) is 0.150. The fourth-order valence-electron chi connectivity index (χ4n) is 6.63. The number of aryl methyl sites for hydroxylation is 1. The van der Waals surface area contributed by atoms with Gasteiger partial charge in [0.25, 0.3) is 5.91 Å². The van der Waals surface area contributed by atoms with Crippen LogP contribution in [0.25, 0.3) is 11.1 Å². The van der Waals surface area contributed by atoms with Crippen LogP contribution in [-0.4, -0.2) is 65.7 Å². The van der Waals surface area contributed by atoms with Gasteiger partial charge >= 0.3 is 5.97 Å². The summed E-state index contributed by atoms with van der Waals surface area (Å²) >= 11 is 1.58. The largest absolute Gasteiger partial charge is 0.480 e. The summed E-state index contributed by atoms with van der Waals surface area (Å²) in [6, 6.07) is 14.2. The Labute approximate surface area is 244 Å². The van der Waals surface area contributed by atoms with E-state index in [9.17, 15) is 14.7 Å². The number of thioether (sulfide) groups is 1. The number of benzene rings is 2. The number of nitrogens with one attached hydrogen (secondary N) is 1. The van der Waals surface area contributed by atoms with Gasteiger partial charge in [-0.2, -0.15) is 11.8 Å². The van der Waals surface area contributed by atoms with Gasteiger partial charge in [-0.3, -0.25) is 9.69 Å². The van der Waals surface area contributed by atoms with Crippen LogP contribution in [0.2, 0.25) is 0 Å². The minimum Gasteiger partial charge on any atom is -0.480 e. The predicted molar refractivity (Wildman–Crippen MR) is 164 cm³/mol. The molecule has 1 amide bonds. The fourth-order valence-corrected chi connectivity index (χ4v) is 7.10. The highest BCUT2D eigenvalue weighted by Gasteiger charge is 2.35. The molecule has 3 unspecified atom stereocenters. The van der Waals surface area contributed by atoms with Gasteiger partial charge in [0.2, 0.25) is 0 Å². The number of carboxylic acids is 1. The average molecular weight is 567 g/mol. The van der Waals surface area contributed by atoms with Crippen LogP contribution in [0, 0.1) is 12.8 Å². The van der Waals surface area contributed by atoms with E-state index < -0.39 is 12.0 Å². The summed E-state index contributed by atoms with van der Waals surface area (Å²) in [5, 5.41) is 12.5. The van der Waals surface area contributed by atoms with E-state index in [2.05, 4.69) is 29.3 Å². The van der Waals surface area contributed by atoms with Gasteiger partial charge in [0.15, 0.2) is 0 Å². The number of carboxylic acid groups (broad SMARTS) is 1. The van der Waals surface area contributed by atoms with Crippen molar-refractivity contribution >= 4 is 23.6 Å². The molecule has 0 aromatic heterocycles. The zero-order valence-electron chi connectivity index (χ0n) is 24.4. The third-order valence-electron chi connectivity index (χ3n) is 8.80. The highest BCUT2D eigenvalue weighted by Crippen LogP contribution is 2.36. The van der Waals surface area contributed by atoms with Crippen molar-refractivity contribution in [3.05, 3.63) is 59.2 Å². The molecule has 1 aliphatic carbocycles. The normalized spacial score (nSPS) is 20.9. The van der Waals surface area contributed by atoms with E-state index in [0.717, 1.165) is 42.2 Å². The second-order valence-corrected chi connectivity index (χ2v) is 12.6. The van der Waals surface area contributed by atoms with E-state index in [1.165, 1.54) is 50.5 Å². The molecule has 1 heterocycles. The van der Waals surface area contributed by atoms with E-state index in [-0.39, 0.29) is 5.91 Å². The molecule has 2 aliphatic rings. The molecule has 40 heavy (non-hydrogen) atoms. The van der Waals surface area contributed by atoms with Gasteiger partial charge < -0.3 is 15.2 Å². The van der Waals surface area contributed by atoms with Crippen molar-refractivity contribution < 1.29 is 19.4 Å². The lowest BCUT2D eigenvalue weighted by Gasteiger charge is -2.33. The third-order valence-corrected chi connectivity index (χ3v) is 9.45. The first-order valence-electron chi connectivity index (χ1n) is 14.9. The molecule has 1 aliphatic heterocycles. The minimum atomic E-state index is -1.00. The molecule has 2 fully saturated rings. The Morgan fingerprint density at radius 1 is 1.05 bits per heavy atom. The van der Waals surface area contributed by atoms with Crippen molar-refractivity contribution in [2.75, 3.05) is 25.7 Å². The molecule has 1 saturated heterocycles. The van der Waals surface area contributed by atoms with E-state index in [1.54, 1.807) is 18.9 Å². The van der Waals surface area contributed by atoms with E-state index in [4.69, 9.17) is 4.74 Å². The summed E-state index contributed by atoms with van der Waals surface area (Å²) in [7, 11) is 1.79. The summed E-state index contributed by atoms with van der Waals surface area (Å²) in [5.41, 5.74) is 4.62. The molecule has 0 spiro atoms. The Balaban J connectivity index is 1.62. The minimum absolute atomic E-state index is 0.341. The number of rotatable bonds is 13. The van der Waals surface area contributed by atoms with Gasteiger partial charge in [-0.15, -0.1) is 0 Å². The molecular formula is C33H46N2O4S. The first-order valence-corrected chi connectivity index (χ1v) is 16.3. The van der Waals surface area contributed by atoms with Crippen molar-refractivity contribution in [1.29, 1.82) is 0 Å². The molecule has 3 atom stereocenters. The number of methoxy groups -OCH3 is 1. The van der Waals surface area contributed by atoms with Crippen LogP contribution in [0.5, 0.6) is 0 Å². The van der Waals surface area contributed by atoms with Gasteiger partial charge in [-0.05, 0) is 84.9 Å². The zero-order valence-corrected chi connectivity index (χ0v) is 25.2. The van der Waals surface area contributed by atoms with Crippen LogP contribution < -0.4 is 5.32 Å². The summed E-state index contributed by atoms with van der Waals surface area (Å²) in [6.45, 7) is 3.61. The summed E-state index contributed by atoms with van der Waals surface area (Å²) < 4.78 is 5.63. The van der Waals surface area contributed by atoms with Gasteiger partial charge in [-0.1, -0.05) is 62.4 Å². The molecule has 6 nitrogen and oxygen atoms in total. The number of likely N-dealkylation sites (tertiary alicyclic amines) is 1. The Morgan fingerprint density at radius 2 is 1.80 bits per heavy atom. The van der Waals surface area contributed by atoms with Gasteiger partial charge in [0, 0.05) is 31.3 Å². The quantitative estimate of drug-likeness (QED) is 0.286. The highest BCUT2D eigenvalue weighted by molar-refractivity contribution is 7.98. The lowest BCUT2D eigenvalue weighted by molar-refractivity contribution is -0.139. The lowest BCUT2D eigenvalue weighted by Crippen LogP contribution is -2.41. The highest BCUT2D eigenvalue weighted by atomic mass is 32.2. The van der Waals surface area contributed by atoms with Crippen LogP contribution >= 0.6 is 11.8 Å². The van der Waals surface area contributed by atoms with Crippen molar-refractivity contribution in [3.8, 4) is 11.1 Å². The van der Waals surface area contributed by atoms with E-state index in [0.29, 0.717) is 29.8 Å². The molecule has 2 aromatic carbocycles. The number of carbonyl (C=O) groups is 2. The molecule has 1 saturated carbocycles. The Hall–Kier alpha value is -2.35. The summed E-state index contributed by atoms with van der Waals surface area (Å²) in [6.07, 6.45) is 12.8. The van der Waals surface area contributed by atoms with Crippen LogP contribution in [0.1, 0.15) is 79.3 Å². The van der Waals surface area contributed by atoms with Crippen LogP contribution in [0.15, 0.2) is 42.5 Å². The number of hydrogen-bond donors (Lipinski definition) is 2. The number of carbonyl (C=O) groups excluding carboxylic acids is 1. The molecule has 4 rings (SSSR count). The second-order valence-electron chi connectivity index (χ2n) is 11.6. The molecule has 218 valence electrons. The van der Waals surface area contributed by atoms with Crippen molar-refractivity contribution in [1.82, 2.24) is 10.2 Å². The second kappa shape index (κ2) is 15.0. The maximum atomic E-state index is 13.5. The monoisotopic (exact) mass is 566 g/mol. The van der Waals surface area contributed by atoms with Gasteiger partial charge in [0.1, 0.15) is 6.04 Å². The third kappa shape index (κ3) is 7.89. The SMILES string of the molecule is COCC1CCC(CC2CCCCC2)N1Cc1ccc(C(=O)NC(CCSC)C(=O)O)c(-c2ccccc2C)c1. The van der Waals surface area contributed by atoms with E-state index in [1.807, 2.05) is 36.6 Å². The van der Waals surface area contributed by atoms with Crippen molar-refractivity contribution in [2.45, 2.75) is 89.4 Å². The maximum Gasteiger partial charge on any atom is 0.326 e. The number of ether oxygens (including phenoxy) is 1. The fraction of sp³-hybridized carbons (Fsp3) is 0.576. The molecule has 2 aromatic rings. The van der Waals surface area contributed by atoms with Crippen molar-refractivity contribution in [2.24, 2.45) is 5.92 Å². The average Bonchev–Trinajstić information content (AvgIpc) is 3.32. The van der Waals surface area contributed by atoms with Crippen LogP contribution in [0.3, 0.4) is 0 Å². The number of hydrogen-bond acceptors (Lipinski definition) is 5. The Morgan fingerprint density at radius 3 is 2.50 bits per heavy atom. The van der Waals surface area contributed by atoms with Crippen molar-refractivity contribution in [3.63, 3.8) is 0 Å². The lowest BCUT2D eigenvalue weighted by atomic mass is 9.84. The first kappa shape index (κ1) is 30.6. The Bertz CT molecular complexity index is 1130. The first-order chi connectivity index (χ1) is 19.4. The predicted octanol–water partition coefficient (Wildman–Crippen LogP) is 6.55. The van der Waals surface area contributed by atoms with E-state index >= 15 is 0 Å². The standard InChI is InChI=1S/C33H46N2O4S/c1-23-9-7-8-12-28(23)30-20-25(13-16-29(30)32(36)34-31(33(37)38)17-18-40-3)21-35-26(14-15-27(35)22-39-2)19-24-10-5-4-6-11-24/h7-9,12-13,16,20,24,26-27,31H,4-6,10-11,14-15,17-19,21-22H2,1-3H3,(H,34,36)(H,37,38). The number of nitrogens with zero attached hydrogens (tertiary/aromatic N) is 1. The smallest absolute Gasteiger partial charge is 0.326 e. The zero-order chi connectivity index (χ0) is 28.5. The van der Waals surface area contributed by atoms with Gasteiger partial charge in [-0.25, -0.2) is 4.79 Å². The van der Waals surface area contributed by atoms with Crippen LogP contribution in [-0.2, 0) is 16.1 Å². The number of amides is 1. The molecule has 2 N–H and O–H groups in total. The number of aliphatic carboxylic acids is 1. The maximum absolute atomic E-state index is 13.5. The molecular weight excluding hydrogens is 520 g/mol.